The molecule has 0 spiro atoms. The number of amides is 1. The predicted octanol–water partition coefficient (Wildman–Crippen LogP) is 3.58. The van der Waals surface area contributed by atoms with Crippen LogP contribution in [0.3, 0.4) is 0 Å². The molecule has 36 heavy (non-hydrogen) atoms. The van der Waals surface area contributed by atoms with Crippen LogP contribution >= 0.6 is 11.3 Å². The van der Waals surface area contributed by atoms with Crippen molar-refractivity contribution in [3.63, 3.8) is 0 Å². The summed E-state index contributed by atoms with van der Waals surface area (Å²) in [5.41, 5.74) is 0.980. The minimum atomic E-state index is -3.59. The average molecular weight is 532 g/mol. The second kappa shape index (κ2) is 11.4. The molecule has 9 nitrogen and oxygen atoms in total. The predicted molar refractivity (Wildman–Crippen MR) is 137 cm³/mol. The van der Waals surface area contributed by atoms with Gasteiger partial charge in [-0.15, -0.1) is 0 Å². The molecule has 4 rings (SSSR count). The Morgan fingerprint density at radius 2 is 1.72 bits per heavy atom. The van der Waals surface area contributed by atoms with Gasteiger partial charge in [0.25, 0.3) is 5.91 Å². The number of benzene rings is 2. The van der Waals surface area contributed by atoms with Crippen LogP contribution in [0.25, 0.3) is 10.2 Å². The quantitative estimate of drug-likeness (QED) is 0.411. The zero-order valence-electron chi connectivity index (χ0n) is 20.3. The molecular formula is C25H29N3O6S2. The number of ether oxygens (including phenoxy) is 2. The fourth-order valence-electron chi connectivity index (χ4n) is 4.06. The van der Waals surface area contributed by atoms with Crippen LogP contribution in [0.1, 0.15) is 43.5 Å². The van der Waals surface area contributed by atoms with Crippen molar-refractivity contribution in [2.75, 3.05) is 26.3 Å². The molecule has 1 amide bonds. The van der Waals surface area contributed by atoms with Crippen molar-refractivity contribution < 1.29 is 27.5 Å². The molecule has 0 atom stereocenters. The molecule has 3 aromatic rings. The van der Waals surface area contributed by atoms with E-state index in [1.165, 1.54) is 39.9 Å². The molecule has 1 aliphatic rings. The zero-order chi connectivity index (χ0) is 25.7. The van der Waals surface area contributed by atoms with Gasteiger partial charge in [-0.2, -0.15) is 9.30 Å². The number of carbonyl (C=O) groups is 2. The highest BCUT2D eigenvalue weighted by Crippen LogP contribution is 2.24. The molecule has 192 valence electrons. The van der Waals surface area contributed by atoms with Crippen molar-refractivity contribution in [1.82, 2.24) is 8.87 Å². The van der Waals surface area contributed by atoms with E-state index >= 15 is 0 Å². The van der Waals surface area contributed by atoms with E-state index in [4.69, 9.17) is 9.47 Å². The Hall–Kier alpha value is -3.02. The second-order valence-corrected chi connectivity index (χ2v) is 11.2. The Labute approximate surface area is 214 Å². The number of aromatic nitrogens is 1. The smallest absolute Gasteiger partial charge is 0.326 e. The number of rotatable bonds is 8. The van der Waals surface area contributed by atoms with Crippen molar-refractivity contribution in [2.45, 2.75) is 44.6 Å². The Morgan fingerprint density at radius 1 is 1.00 bits per heavy atom. The summed E-state index contributed by atoms with van der Waals surface area (Å²) < 4.78 is 40.4. The summed E-state index contributed by atoms with van der Waals surface area (Å²) in [4.78, 5) is 30.0. The lowest BCUT2D eigenvalue weighted by molar-refractivity contribution is -0.143. The van der Waals surface area contributed by atoms with Crippen LogP contribution in [0.2, 0.25) is 0 Å². The van der Waals surface area contributed by atoms with Crippen LogP contribution in [-0.2, 0) is 26.1 Å². The van der Waals surface area contributed by atoms with Crippen LogP contribution in [0.15, 0.2) is 52.4 Å². The number of hydrogen-bond acceptors (Lipinski definition) is 7. The minimum absolute atomic E-state index is 0.0963. The fraction of sp³-hybridized carbons (Fsp3) is 0.400. The van der Waals surface area contributed by atoms with Gasteiger partial charge in [0.2, 0.25) is 10.0 Å². The Morgan fingerprint density at radius 3 is 2.39 bits per heavy atom. The molecule has 1 aliphatic heterocycles. The maximum atomic E-state index is 13.0. The van der Waals surface area contributed by atoms with Gasteiger partial charge in [-0.3, -0.25) is 9.59 Å². The van der Waals surface area contributed by atoms with Crippen LogP contribution < -0.4 is 9.54 Å². The molecule has 0 saturated carbocycles. The van der Waals surface area contributed by atoms with Gasteiger partial charge in [0.1, 0.15) is 12.3 Å². The van der Waals surface area contributed by atoms with E-state index in [0.717, 1.165) is 29.5 Å². The third-order valence-electron chi connectivity index (χ3n) is 5.81. The Bertz CT molecular complexity index is 1420. The van der Waals surface area contributed by atoms with Crippen LogP contribution in [0.5, 0.6) is 5.75 Å². The number of carbonyl (C=O) groups excluding carboxylic acids is 2. The topological polar surface area (TPSA) is 107 Å². The number of esters is 1. The Kier molecular flexibility index (Phi) is 8.22. The first-order chi connectivity index (χ1) is 17.3. The molecule has 0 aliphatic carbocycles. The first-order valence-electron chi connectivity index (χ1n) is 11.9. The van der Waals surface area contributed by atoms with Gasteiger partial charge in [-0.05, 0) is 69.2 Å². The average Bonchev–Trinajstić information content (AvgIpc) is 3.20. The first kappa shape index (κ1) is 26.1. The van der Waals surface area contributed by atoms with Crippen molar-refractivity contribution in [3.8, 4) is 5.75 Å². The number of fused-ring (bicyclic) bond motifs is 1. The molecule has 1 saturated heterocycles. The third-order valence-corrected chi connectivity index (χ3v) is 8.76. The van der Waals surface area contributed by atoms with E-state index in [0.29, 0.717) is 30.2 Å². The summed E-state index contributed by atoms with van der Waals surface area (Å²) in [6.45, 7) is 5.30. The summed E-state index contributed by atoms with van der Waals surface area (Å²) >= 11 is 1.26. The van der Waals surface area contributed by atoms with Crippen molar-refractivity contribution in [3.05, 3.63) is 52.8 Å². The zero-order valence-corrected chi connectivity index (χ0v) is 21.9. The maximum Gasteiger partial charge on any atom is 0.326 e. The van der Waals surface area contributed by atoms with E-state index in [2.05, 4.69) is 4.99 Å². The lowest BCUT2D eigenvalue weighted by Gasteiger charge is -2.25. The molecule has 2 heterocycles. The number of nitrogens with zero attached hydrogens (tertiary/aromatic N) is 3. The van der Waals surface area contributed by atoms with E-state index < -0.39 is 21.9 Å². The number of sulfonamides is 1. The molecule has 0 N–H and O–H groups in total. The Balaban J connectivity index is 1.66. The number of piperidine rings is 1. The van der Waals surface area contributed by atoms with Gasteiger partial charge in [0, 0.05) is 18.7 Å². The van der Waals surface area contributed by atoms with E-state index in [9.17, 15) is 18.0 Å². The standard InChI is InChI=1S/C25H29N3O6S2/c1-3-33-19-10-13-21-22(16-19)35-25(28(21)17-23(29)34-4-2)26-24(30)18-8-11-20(12-9-18)36(31,32)27-14-6-5-7-15-27/h8-13,16H,3-7,14-15,17H2,1-2H3. The van der Waals surface area contributed by atoms with Crippen molar-refractivity contribution in [2.24, 2.45) is 4.99 Å². The minimum Gasteiger partial charge on any atom is -0.494 e. The van der Waals surface area contributed by atoms with Gasteiger partial charge in [0.15, 0.2) is 4.80 Å². The van der Waals surface area contributed by atoms with Crippen LogP contribution in [-0.4, -0.2) is 55.5 Å². The summed E-state index contributed by atoms with van der Waals surface area (Å²) in [5.74, 6) is -0.295. The van der Waals surface area contributed by atoms with Crippen molar-refractivity contribution in [1.29, 1.82) is 0 Å². The molecule has 1 aromatic heterocycles. The van der Waals surface area contributed by atoms with Crippen LogP contribution in [0, 0.1) is 0 Å². The summed E-state index contributed by atoms with van der Waals surface area (Å²) in [6.07, 6.45) is 2.73. The second-order valence-electron chi connectivity index (χ2n) is 8.24. The summed E-state index contributed by atoms with van der Waals surface area (Å²) in [7, 11) is -3.59. The van der Waals surface area contributed by atoms with Gasteiger partial charge < -0.3 is 14.0 Å². The van der Waals surface area contributed by atoms with Crippen molar-refractivity contribution >= 4 is 43.5 Å². The van der Waals surface area contributed by atoms with Crippen LogP contribution in [0.4, 0.5) is 0 Å². The first-order valence-corrected chi connectivity index (χ1v) is 14.2. The highest BCUT2D eigenvalue weighted by atomic mass is 32.2. The van der Waals surface area contributed by atoms with Gasteiger partial charge in [-0.25, -0.2) is 8.42 Å². The molecule has 0 unspecified atom stereocenters. The third kappa shape index (κ3) is 5.69. The van der Waals surface area contributed by atoms with Gasteiger partial charge in [-0.1, -0.05) is 17.8 Å². The highest BCUT2D eigenvalue weighted by Gasteiger charge is 2.26. The lowest BCUT2D eigenvalue weighted by atomic mass is 10.2. The summed E-state index contributed by atoms with van der Waals surface area (Å²) in [5, 5.41) is 0. The molecular weight excluding hydrogens is 502 g/mol. The van der Waals surface area contributed by atoms with E-state index in [-0.39, 0.29) is 23.6 Å². The van der Waals surface area contributed by atoms with E-state index in [1.807, 2.05) is 19.1 Å². The maximum absolute atomic E-state index is 13.0. The molecule has 0 radical (unpaired) electrons. The molecule has 0 bridgehead atoms. The largest absolute Gasteiger partial charge is 0.494 e. The normalized spacial score (nSPS) is 15.2. The SMILES string of the molecule is CCOC(=O)Cn1c(=NC(=O)c2ccc(S(=O)(=O)N3CCCCC3)cc2)sc2cc(OCC)ccc21. The summed E-state index contributed by atoms with van der Waals surface area (Å²) in [6, 6.07) is 11.3. The fourth-order valence-corrected chi connectivity index (χ4v) is 6.63. The van der Waals surface area contributed by atoms with Gasteiger partial charge >= 0.3 is 5.97 Å². The molecule has 2 aromatic carbocycles. The lowest BCUT2D eigenvalue weighted by Crippen LogP contribution is -2.35. The monoisotopic (exact) mass is 531 g/mol. The van der Waals surface area contributed by atoms with E-state index in [1.54, 1.807) is 17.6 Å². The highest BCUT2D eigenvalue weighted by molar-refractivity contribution is 7.89. The number of hydrogen-bond donors (Lipinski definition) is 0. The number of thiazole rings is 1. The molecule has 1 fully saturated rings. The molecule has 11 heteroatoms. The van der Waals surface area contributed by atoms with Gasteiger partial charge in [0.05, 0.1) is 28.3 Å².